The number of para-hydroxylation sites is 1. The first-order valence-corrected chi connectivity index (χ1v) is 7.37. The largest absolute Gasteiger partial charge is 0.481 e. The normalized spacial score (nSPS) is 11.8. The molecule has 1 amide bonds. The predicted molar refractivity (Wildman–Crippen MR) is 83.9 cm³/mol. The Morgan fingerprint density at radius 1 is 1.24 bits per heavy atom. The lowest BCUT2D eigenvalue weighted by Gasteiger charge is -2.17. The molecule has 0 saturated carbocycles. The average Bonchev–Trinajstić information content (AvgIpc) is 2.49. The summed E-state index contributed by atoms with van der Waals surface area (Å²) in [6.07, 6.45) is -0.129. The summed E-state index contributed by atoms with van der Waals surface area (Å²) in [6, 6.07) is 13.0. The van der Waals surface area contributed by atoms with E-state index in [1.54, 1.807) is 6.07 Å². The van der Waals surface area contributed by atoms with Crippen LogP contribution in [0.25, 0.3) is 0 Å². The van der Waals surface area contributed by atoms with Crippen molar-refractivity contribution in [3.63, 3.8) is 0 Å². The van der Waals surface area contributed by atoms with Gasteiger partial charge in [0.05, 0.1) is 5.69 Å². The molecule has 2 aromatic rings. The smallest absolute Gasteiger partial charge is 0.265 e. The molecule has 5 heteroatoms. The van der Waals surface area contributed by atoms with Crippen LogP contribution < -0.4 is 10.1 Å². The fraction of sp³-hybridized carbons (Fsp3) is 0.188. The molecule has 0 radical (unpaired) electrons. The third kappa shape index (κ3) is 4.29. The number of rotatable bonds is 5. The molecule has 0 aliphatic rings. The van der Waals surface area contributed by atoms with Gasteiger partial charge in [-0.2, -0.15) is 0 Å². The lowest BCUT2D eigenvalue weighted by molar-refractivity contribution is -0.122. The monoisotopic (exact) mass is 351 g/mol. The van der Waals surface area contributed by atoms with Gasteiger partial charge >= 0.3 is 0 Å². The molecule has 3 nitrogen and oxygen atoms in total. The van der Waals surface area contributed by atoms with Crippen LogP contribution in [0, 0.1) is 5.82 Å². The molecular formula is C16H15BrFNO2. The van der Waals surface area contributed by atoms with Crippen molar-refractivity contribution in [2.24, 2.45) is 0 Å². The first kappa shape index (κ1) is 15.5. The molecule has 0 aliphatic heterocycles. The zero-order valence-electron chi connectivity index (χ0n) is 11.5. The molecule has 0 unspecified atom stereocenters. The van der Waals surface area contributed by atoms with Crippen molar-refractivity contribution in [3.05, 3.63) is 58.8 Å². The number of hydrogen-bond donors (Lipinski definition) is 1. The molecule has 21 heavy (non-hydrogen) atoms. The topological polar surface area (TPSA) is 38.3 Å². The van der Waals surface area contributed by atoms with E-state index < -0.39 is 6.10 Å². The van der Waals surface area contributed by atoms with Crippen molar-refractivity contribution >= 4 is 27.5 Å². The molecule has 0 fully saturated rings. The molecule has 110 valence electrons. The van der Waals surface area contributed by atoms with Gasteiger partial charge in [-0.05, 0) is 58.7 Å². The predicted octanol–water partition coefficient (Wildman–Crippen LogP) is 4.38. The highest BCUT2D eigenvalue weighted by molar-refractivity contribution is 9.10. The van der Waals surface area contributed by atoms with E-state index in [2.05, 4.69) is 21.2 Å². The van der Waals surface area contributed by atoms with Gasteiger partial charge in [0.15, 0.2) is 6.10 Å². The van der Waals surface area contributed by atoms with Gasteiger partial charge in [0.1, 0.15) is 11.6 Å². The fourth-order valence-corrected chi connectivity index (χ4v) is 2.16. The maximum Gasteiger partial charge on any atom is 0.265 e. The maximum absolute atomic E-state index is 12.9. The van der Waals surface area contributed by atoms with Crippen molar-refractivity contribution in [1.82, 2.24) is 0 Å². The summed E-state index contributed by atoms with van der Waals surface area (Å²) in [4.78, 5) is 12.2. The molecule has 2 aromatic carbocycles. The van der Waals surface area contributed by atoms with Crippen LogP contribution >= 0.6 is 15.9 Å². The molecule has 0 aliphatic carbocycles. The number of nitrogens with one attached hydrogen (secondary N) is 1. The number of carbonyl (C=O) groups excluding carboxylic acids is 1. The highest BCUT2D eigenvalue weighted by Gasteiger charge is 2.19. The number of carbonyl (C=O) groups is 1. The van der Waals surface area contributed by atoms with E-state index in [1.165, 1.54) is 24.3 Å². The summed E-state index contributed by atoms with van der Waals surface area (Å²) >= 11 is 3.37. The van der Waals surface area contributed by atoms with E-state index in [9.17, 15) is 9.18 Å². The Labute approximate surface area is 131 Å². The van der Waals surface area contributed by atoms with Gasteiger partial charge in [-0.1, -0.05) is 19.1 Å². The summed E-state index contributed by atoms with van der Waals surface area (Å²) in [5.74, 6) is -0.118. The van der Waals surface area contributed by atoms with Crippen LogP contribution in [0.1, 0.15) is 13.3 Å². The van der Waals surface area contributed by atoms with E-state index in [1.807, 2.05) is 25.1 Å². The van der Waals surface area contributed by atoms with Gasteiger partial charge in [0.2, 0.25) is 0 Å². The SMILES string of the molecule is CC[C@@H](Oc1ccc(F)cc1)C(=O)Nc1ccccc1Br. The van der Waals surface area contributed by atoms with E-state index in [0.29, 0.717) is 17.9 Å². The van der Waals surface area contributed by atoms with Crippen LogP contribution in [0.4, 0.5) is 10.1 Å². The van der Waals surface area contributed by atoms with E-state index in [4.69, 9.17) is 4.74 Å². The molecular weight excluding hydrogens is 337 g/mol. The zero-order valence-corrected chi connectivity index (χ0v) is 13.1. The van der Waals surface area contributed by atoms with Crippen LogP contribution in [-0.4, -0.2) is 12.0 Å². The van der Waals surface area contributed by atoms with Crippen molar-refractivity contribution in [1.29, 1.82) is 0 Å². The number of halogens is 2. The Hall–Kier alpha value is -1.88. The summed E-state index contributed by atoms with van der Waals surface area (Å²) < 4.78 is 19.3. The Balaban J connectivity index is 2.05. The number of ether oxygens (including phenoxy) is 1. The lowest BCUT2D eigenvalue weighted by Crippen LogP contribution is -2.32. The molecule has 1 atom stereocenters. The summed E-state index contributed by atoms with van der Waals surface area (Å²) in [5, 5.41) is 2.81. The third-order valence-corrected chi connectivity index (χ3v) is 3.58. The molecule has 1 N–H and O–H groups in total. The van der Waals surface area contributed by atoms with Crippen molar-refractivity contribution < 1.29 is 13.9 Å². The number of anilines is 1. The van der Waals surface area contributed by atoms with Gasteiger partial charge in [-0.15, -0.1) is 0 Å². The molecule has 2 rings (SSSR count). The van der Waals surface area contributed by atoms with Crippen molar-refractivity contribution in [2.75, 3.05) is 5.32 Å². The van der Waals surface area contributed by atoms with E-state index in [0.717, 1.165) is 4.47 Å². The lowest BCUT2D eigenvalue weighted by atomic mass is 10.2. The van der Waals surface area contributed by atoms with Crippen LogP contribution in [0.2, 0.25) is 0 Å². The number of hydrogen-bond acceptors (Lipinski definition) is 2. The molecule has 0 saturated heterocycles. The van der Waals surface area contributed by atoms with Crippen molar-refractivity contribution in [3.8, 4) is 5.75 Å². The quantitative estimate of drug-likeness (QED) is 0.867. The van der Waals surface area contributed by atoms with Gasteiger partial charge in [0.25, 0.3) is 5.91 Å². The summed E-state index contributed by atoms with van der Waals surface area (Å²) in [5.41, 5.74) is 0.684. The minimum absolute atomic E-state index is 0.242. The van der Waals surface area contributed by atoms with Crippen molar-refractivity contribution in [2.45, 2.75) is 19.4 Å². The van der Waals surface area contributed by atoms with Crippen LogP contribution in [0.3, 0.4) is 0 Å². The summed E-state index contributed by atoms with van der Waals surface area (Å²) in [6.45, 7) is 1.85. The van der Waals surface area contributed by atoms with Gasteiger partial charge < -0.3 is 10.1 Å². The molecule has 0 aromatic heterocycles. The Bertz CT molecular complexity index is 616. The average molecular weight is 352 g/mol. The Kier molecular flexibility index (Phi) is 5.33. The second kappa shape index (κ2) is 7.22. The minimum atomic E-state index is -0.637. The van der Waals surface area contributed by atoms with Gasteiger partial charge in [0, 0.05) is 4.47 Å². The molecule has 0 heterocycles. The maximum atomic E-state index is 12.9. The Morgan fingerprint density at radius 2 is 1.90 bits per heavy atom. The van der Waals surface area contributed by atoms with E-state index >= 15 is 0 Å². The van der Waals surface area contributed by atoms with Crippen LogP contribution in [0.5, 0.6) is 5.75 Å². The van der Waals surface area contributed by atoms with Crippen LogP contribution in [0.15, 0.2) is 53.0 Å². The van der Waals surface area contributed by atoms with E-state index in [-0.39, 0.29) is 11.7 Å². The fourth-order valence-electron chi connectivity index (χ4n) is 1.78. The molecule has 0 spiro atoms. The first-order valence-electron chi connectivity index (χ1n) is 6.57. The molecule has 0 bridgehead atoms. The zero-order chi connectivity index (χ0) is 15.2. The van der Waals surface area contributed by atoms with Gasteiger partial charge in [-0.25, -0.2) is 4.39 Å². The Morgan fingerprint density at radius 3 is 2.52 bits per heavy atom. The highest BCUT2D eigenvalue weighted by atomic mass is 79.9. The summed E-state index contributed by atoms with van der Waals surface area (Å²) in [7, 11) is 0. The first-order chi connectivity index (χ1) is 10.1. The number of benzene rings is 2. The van der Waals surface area contributed by atoms with Gasteiger partial charge in [-0.3, -0.25) is 4.79 Å². The second-order valence-electron chi connectivity index (χ2n) is 4.44. The number of amides is 1. The second-order valence-corrected chi connectivity index (χ2v) is 5.29. The minimum Gasteiger partial charge on any atom is -0.481 e. The standard InChI is InChI=1S/C16H15BrFNO2/c1-2-15(21-12-9-7-11(18)8-10-12)16(20)19-14-6-4-3-5-13(14)17/h3-10,15H,2H2,1H3,(H,19,20)/t15-/m1/s1. The third-order valence-electron chi connectivity index (χ3n) is 2.89. The van der Waals surface area contributed by atoms with Crippen LogP contribution in [-0.2, 0) is 4.79 Å². The highest BCUT2D eigenvalue weighted by Crippen LogP contribution is 2.22.